The molecule has 0 fully saturated rings. The molecular formula is C34H56Br2CoN3. The summed E-state index contributed by atoms with van der Waals surface area (Å²) in [6.07, 6.45) is 0. The van der Waals surface area contributed by atoms with Crippen LogP contribution in [0.25, 0.3) is 0 Å². The van der Waals surface area contributed by atoms with Crippen LogP contribution in [0, 0.1) is 6.07 Å². The van der Waals surface area contributed by atoms with E-state index in [1.54, 1.807) is 0 Å². The Bertz CT molecular complexity index is 974. The second-order valence-electron chi connectivity index (χ2n) is 12.9. The van der Waals surface area contributed by atoms with Gasteiger partial charge in [-0.2, -0.15) is 17.7 Å². The summed E-state index contributed by atoms with van der Waals surface area (Å²) in [5.74, 6) is 2.91. The van der Waals surface area contributed by atoms with Crippen molar-refractivity contribution in [3.8, 4) is 0 Å². The molecule has 6 heteroatoms. The van der Waals surface area contributed by atoms with E-state index in [1.165, 1.54) is 44.8 Å². The second kappa shape index (κ2) is 18.2. The van der Waals surface area contributed by atoms with Crippen molar-refractivity contribution >= 4 is 39.7 Å². The molecule has 0 aromatic heterocycles. The first kappa shape index (κ1) is 37.5. The van der Waals surface area contributed by atoms with Crippen LogP contribution in [0.3, 0.4) is 0 Å². The van der Waals surface area contributed by atoms with E-state index in [0.717, 1.165) is 30.9 Å². The quantitative estimate of drug-likeness (QED) is 0.159. The monoisotopic (exact) mass is 723 g/mol. The molecule has 230 valence electrons. The zero-order valence-electron chi connectivity index (χ0n) is 27.4. The molecule has 0 aliphatic rings. The molecule has 0 bridgehead atoms. The third-order valence-electron chi connectivity index (χ3n) is 7.42. The molecular weight excluding hydrogens is 669 g/mol. The molecule has 0 atom stereocenters. The topological polar surface area (TPSA) is 27.3 Å². The third-order valence-corrected chi connectivity index (χ3v) is 7.42. The number of nitrogens with zero attached hydrogens (tertiary/aromatic N) is 1. The van der Waals surface area contributed by atoms with Gasteiger partial charge in [0.1, 0.15) is 0 Å². The number of rotatable bonds is 13. The Labute approximate surface area is 267 Å². The van der Waals surface area contributed by atoms with Gasteiger partial charge in [-0.05, 0) is 59.2 Å². The zero-order valence-corrected chi connectivity index (χ0v) is 31.6. The Kier molecular flexibility index (Phi) is 17.1. The van der Waals surface area contributed by atoms with Crippen LogP contribution in [0.2, 0.25) is 0 Å². The molecule has 2 aromatic carbocycles. The molecule has 0 aliphatic heterocycles. The van der Waals surface area contributed by atoms with Gasteiger partial charge in [0.15, 0.2) is 0 Å². The van der Waals surface area contributed by atoms with Crippen LogP contribution in [0.4, 0.5) is 11.4 Å². The van der Waals surface area contributed by atoms with Gasteiger partial charge in [-0.3, -0.25) is 4.90 Å². The molecule has 0 heterocycles. The van der Waals surface area contributed by atoms with Crippen molar-refractivity contribution in [2.45, 2.75) is 119 Å². The average molecular weight is 726 g/mol. The molecule has 3 nitrogen and oxygen atoms in total. The molecule has 0 radical (unpaired) electrons. The molecule has 0 amide bonds. The van der Waals surface area contributed by atoms with Gasteiger partial charge >= 0.3 is 39.5 Å². The van der Waals surface area contributed by atoms with Crippen molar-refractivity contribution in [2.75, 3.05) is 37.4 Å². The maximum atomic E-state index is 3.84. The van der Waals surface area contributed by atoms with E-state index >= 15 is 0 Å². The minimum atomic E-state index is 0.434. The summed E-state index contributed by atoms with van der Waals surface area (Å²) in [6.45, 7) is 30.2. The number of benzene rings is 2. The normalized spacial score (nSPS) is 11.9. The fourth-order valence-corrected chi connectivity index (χ4v) is 4.87. The summed E-state index contributed by atoms with van der Waals surface area (Å²) in [7, 11) is 2.21. The molecule has 0 aliphatic carbocycles. The molecule has 0 saturated carbocycles. The molecule has 0 unspecified atom stereocenters. The molecule has 2 aromatic rings. The van der Waals surface area contributed by atoms with Gasteiger partial charge in [0.05, 0.1) is 6.67 Å². The van der Waals surface area contributed by atoms with Crippen molar-refractivity contribution < 1.29 is 11.1 Å². The van der Waals surface area contributed by atoms with Crippen LogP contribution < -0.4 is 10.6 Å². The first-order valence-electron chi connectivity index (χ1n) is 14.9. The Morgan fingerprint density at radius 3 is 1.55 bits per heavy atom. The third kappa shape index (κ3) is 11.3. The standard InChI is InChI=1S/C34H56N3.2BrH.Co/c1-21(2)27-16-29(23(5)6)33(30(17-27)24(7)8)35-14-15-37(13)20-36-34-31(25(9)10)18-28(22(3)4)19-32(34)26(11)12;;;/h16-18,21-26,35-36H,14-15,20H2,1-13H3;2*1H;/q-1;;;+3/p-2. The van der Waals surface area contributed by atoms with E-state index in [4.69, 9.17) is 0 Å². The van der Waals surface area contributed by atoms with Crippen molar-refractivity contribution in [3.63, 3.8) is 0 Å². The van der Waals surface area contributed by atoms with Crippen molar-refractivity contribution in [2.24, 2.45) is 0 Å². The second-order valence-corrected chi connectivity index (χ2v) is 18.1. The fraction of sp³-hybridized carbons (Fsp3) is 0.647. The molecule has 0 spiro atoms. The molecule has 2 rings (SSSR count). The number of nitrogens with one attached hydrogen (secondary N) is 2. The van der Waals surface area contributed by atoms with Crippen LogP contribution in [-0.2, 0) is 11.1 Å². The van der Waals surface area contributed by atoms with E-state index in [9.17, 15) is 0 Å². The minimum absolute atomic E-state index is 0.434. The average Bonchev–Trinajstić information content (AvgIpc) is 2.86. The summed E-state index contributed by atoms with van der Waals surface area (Å²) < 4.78 is 0. The summed E-state index contributed by atoms with van der Waals surface area (Å²) in [6, 6.07) is 11.0. The van der Waals surface area contributed by atoms with E-state index in [2.05, 4.69) is 158 Å². The summed E-state index contributed by atoms with van der Waals surface area (Å²) in [5.41, 5.74) is 11.0. The van der Waals surface area contributed by atoms with E-state index in [1.807, 2.05) is 0 Å². The number of hydrogen-bond acceptors (Lipinski definition) is 3. The first-order valence-corrected chi connectivity index (χ1v) is 20.1. The van der Waals surface area contributed by atoms with Crippen LogP contribution >= 0.6 is 28.3 Å². The number of hydrogen-bond donors (Lipinski definition) is 2. The van der Waals surface area contributed by atoms with Gasteiger partial charge in [-0.15, -0.1) is 11.1 Å². The Morgan fingerprint density at radius 2 is 1.15 bits per heavy atom. The molecule has 40 heavy (non-hydrogen) atoms. The zero-order chi connectivity index (χ0) is 30.7. The fourth-order valence-electron chi connectivity index (χ4n) is 4.87. The van der Waals surface area contributed by atoms with Gasteiger partial charge in [-0.1, -0.05) is 101 Å². The molecule has 2 N–H and O–H groups in total. The number of anilines is 2. The Balaban J connectivity index is 0.00000254. The van der Waals surface area contributed by atoms with Crippen molar-refractivity contribution in [1.29, 1.82) is 0 Å². The predicted octanol–water partition coefficient (Wildman–Crippen LogP) is 11.3. The first-order chi connectivity index (χ1) is 18.7. The van der Waals surface area contributed by atoms with Gasteiger partial charge in [0.25, 0.3) is 0 Å². The van der Waals surface area contributed by atoms with E-state index in [-0.39, 0.29) is 0 Å². The number of halogens is 2. The summed E-state index contributed by atoms with van der Waals surface area (Å²) in [5, 5.41) is 7.65. The predicted molar refractivity (Wildman–Crippen MR) is 184 cm³/mol. The summed E-state index contributed by atoms with van der Waals surface area (Å²) in [4.78, 5) is 2.38. The van der Waals surface area contributed by atoms with Crippen LogP contribution in [0.5, 0.6) is 0 Å². The van der Waals surface area contributed by atoms with Crippen LogP contribution in [0.15, 0.2) is 18.2 Å². The SMILES string of the molecule is CC(C)c1[c-]c(C(C)C)c(NCN(C)CCNc2c(C(C)C)cc(C(C)C)cc2C(C)C)c(C(C)C)c1.[Br][Co+][Br]. The maximum absolute atomic E-state index is 3.84. The van der Waals surface area contributed by atoms with Gasteiger partial charge in [0.2, 0.25) is 0 Å². The van der Waals surface area contributed by atoms with Crippen molar-refractivity contribution in [3.05, 3.63) is 57.6 Å². The van der Waals surface area contributed by atoms with E-state index in [0.29, 0.717) is 35.5 Å². The van der Waals surface area contributed by atoms with Crippen LogP contribution in [0.1, 0.15) is 152 Å². The van der Waals surface area contributed by atoms with Crippen LogP contribution in [-0.4, -0.2) is 31.7 Å². The van der Waals surface area contributed by atoms with Gasteiger partial charge < -0.3 is 10.6 Å². The molecule has 0 saturated heterocycles. The van der Waals surface area contributed by atoms with Gasteiger partial charge in [0, 0.05) is 18.8 Å². The van der Waals surface area contributed by atoms with E-state index < -0.39 is 0 Å². The van der Waals surface area contributed by atoms with Gasteiger partial charge in [-0.25, -0.2) is 0 Å². The number of likely N-dealkylation sites (N-methyl/N-ethyl adjacent to an activating group) is 1. The van der Waals surface area contributed by atoms with Crippen molar-refractivity contribution in [1.82, 2.24) is 4.90 Å². The Hall–Kier alpha value is -0.534. The Morgan fingerprint density at radius 1 is 0.675 bits per heavy atom. The summed E-state index contributed by atoms with van der Waals surface area (Å²) >= 11 is 7.12.